The van der Waals surface area contributed by atoms with Gasteiger partial charge in [0.15, 0.2) is 0 Å². The third kappa shape index (κ3) is 5.33. The number of hydrogen-bond acceptors (Lipinski definition) is 2. The summed E-state index contributed by atoms with van der Waals surface area (Å²) < 4.78 is 1.15. The van der Waals surface area contributed by atoms with E-state index in [1.54, 1.807) is 11.8 Å². The van der Waals surface area contributed by atoms with Crippen molar-refractivity contribution in [3.63, 3.8) is 0 Å². The molecule has 1 N–H and O–H groups in total. The number of rotatable bonds is 6. The summed E-state index contributed by atoms with van der Waals surface area (Å²) in [5.74, 6) is 0.885. The number of thioether (sulfide) groups is 1. The standard InChI is InChI=1S/C17H19BrClNS/c1-12(2)20-10-13-7-8-15(9-16(13)18)21-11-14-5-3-4-6-17(14)19/h3-9,12,20H,10-11H2,1-2H3. The largest absolute Gasteiger partial charge is 0.310 e. The molecule has 0 unspecified atom stereocenters. The van der Waals surface area contributed by atoms with Crippen LogP contribution in [0.25, 0.3) is 0 Å². The Morgan fingerprint density at radius 2 is 1.90 bits per heavy atom. The van der Waals surface area contributed by atoms with Crippen molar-refractivity contribution >= 4 is 39.3 Å². The predicted molar refractivity (Wildman–Crippen MR) is 97.1 cm³/mol. The van der Waals surface area contributed by atoms with Gasteiger partial charge in [0.05, 0.1) is 0 Å². The summed E-state index contributed by atoms with van der Waals surface area (Å²) in [5, 5.41) is 4.27. The van der Waals surface area contributed by atoms with Gasteiger partial charge in [-0.3, -0.25) is 0 Å². The minimum absolute atomic E-state index is 0.492. The van der Waals surface area contributed by atoms with Crippen molar-refractivity contribution < 1.29 is 0 Å². The van der Waals surface area contributed by atoms with Crippen LogP contribution in [0.1, 0.15) is 25.0 Å². The number of nitrogens with one attached hydrogen (secondary N) is 1. The lowest BCUT2D eigenvalue weighted by molar-refractivity contribution is 0.587. The SMILES string of the molecule is CC(C)NCc1ccc(SCc2ccccc2Cl)cc1Br. The zero-order chi connectivity index (χ0) is 15.2. The molecule has 0 aliphatic carbocycles. The first-order valence-corrected chi connectivity index (χ1v) is 9.10. The molecule has 0 bridgehead atoms. The molecule has 0 aliphatic heterocycles. The molecular weight excluding hydrogens is 366 g/mol. The zero-order valence-corrected chi connectivity index (χ0v) is 15.4. The van der Waals surface area contributed by atoms with Gasteiger partial charge in [0.2, 0.25) is 0 Å². The van der Waals surface area contributed by atoms with E-state index in [1.807, 2.05) is 18.2 Å². The van der Waals surface area contributed by atoms with Crippen LogP contribution in [-0.2, 0) is 12.3 Å². The molecule has 112 valence electrons. The third-order valence-electron chi connectivity index (χ3n) is 3.08. The highest BCUT2D eigenvalue weighted by molar-refractivity contribution is 9.10. The number of hydrogen-bond donors (Lipinski definition) is 1. The highest BCUT2D eigenvalue weighted by atomic mass is 79.9. The van der Waals surface area contributed by atoms with Crippen molar-refractivity contribution in [2.24, 2.45) is 0 Å². The molecule has 1 nitrogen and oxygen atoms in total. The van der Waals surface area contributed by atoms with E-state index in [9.17, 15) is 0 Å². The molecule has 0 heterocycles. The molecule has 0 fully saturated rings. The molecule has 2 rings (SSSR count). The Hall–Kier alpha value is -0.480. The molecule has 0 aliphatic rings. The van der Waals surface area contributed by atoms with Gasteiger partial charge in [0.25, 0.3) is 0 Å². The molecule has 2 aromatic rings. The maximum absolute atomic E-state index is 6.19. The molecule has 0 amide bonds. The van der Waals surface area contributed by atoms with Crippen LogP contribution in [-0.4, -0.2) is 6.04 Å². The van der Waals surface area contributed by atoms with Gasteiger partial charge in [-0.15, -0.1) is 11.8 Å². The Bertz CT molecular complexity index is 601. The normalized spacial score (nSPS) is 11.1. The zero-order valence-electron chi connectivity index (χ0n) is 12.2. The van der Waals surface area contributed by atoms with E-state index in [2.05, 4.69) is 59.4 Å². The fraction of sp³-hybridized carbons (Fsp3) is 0.294. The first kappa shape index (κ1) is 16.9. The highest BCUT2D eigenvalue weighted by Gasteiger charge is 2.05. The van der Waals surface area contributed by atoms with E-state index < -0.39 is 0 Å². The molecular formula is C17H19BrClNS. The monoisotopic (exact) mass is 383 g/mol. The van der Waals surface area contributed by atoms with Crippen LogP contribution in [0.15, 0.2) is 51.8 Å². The van der Waals surface area contributed by atoms with Gasteiger partial charge < -0.3 is 5.32 Å². The van der Waals surface area contributed by atoms with Crippen molar-refractivity contribution in [3.8, 4) is 0 Å². The van der Waals surface area contributed by atoms with Gasteiger partial charge in [-0.1, -0.05) is 65.6 Å². The molecule has 21 heavy (non-hydrogen) atoms. The average molecular weight is 385 g/mol. The van der Waals surface area contributed by atoms with Gasteiger partial charge in [0, 0.05) is 32.7 Å². The Balaban J connectivity index is 1.99. The topological polar surface area (TPSA) is 12.0 Å². The fourth-order valence-electron chi connectivity index (χ4n) is 1.85. The van der Waals surface area contributed by atoms with Crippen molar-refractivity contribution in [1.29, 1.82) is 0 Å². The molecule has 2 aromatic carbocycles. The minimum Gasteiger partial charge on any atom is -0.310 e. The van der Waals surface area contributed by atoms with E-state index in [0.717, 1.165) is 21.8 Å². The molecule has 0 aromatic heterocycles. The summed E-state index contributed by atoms with van der Waals surface area (Å²) in [7, 11) is 0. The highest BCUT2D eigenvalue weighted by Crippen LogP contribution is 2.29. The van der Waals surface area contributed by atoms with E-state index in [0.29, 0.717) is 6.04 Å². The second-order valence-corrected chi connectivity index (χ2v) is 7.48. The number of benzene rings is 2. The summed E-state index contributed by atoms with van der Waals surface area (Å²) in [6.45, 7) is 5.19. The van der Waals surface area contributed by atoms with Crippen molar-refractivity contribution in [3.05, 3.63) is 63.1 Å². The average Bonchev–Trinajstić information content (AvgIpc) is 2.45. The lowest BCUT2D eigenvalue weighted by Crippen LogP contribution is -2.21. The molecule has 0 spiro atoms. The maximum atomic E-state index is 6.19. The Labute approximate surface area is 144 Å². The molecule has 0 radical (unpaired) electrons. The summed E-state index contributed by atoms with van der Waals surface area (Å²) in [5.41, 5.74) is 2.46. The van der Waals surface area contributed by atoms with Gasteiger partial charge in [-0.2, -0.15) is 0 Å². The van der Waals surface area contributed by atoms with Gasteiger partial charge in [-0.05, 0) is 29.3 Å². The predicted octanol–water partition coefficient (Wildman–Crippen LogP) is 5.89. The van der Waals surface area contributed by atoms with Gasteiger partial charge in [0.1, 0.15) is 0 Å². The van der Waals surface area contributed by atoms with Crippen LogP contribution >= 0.6 is 39.3 Å². The fourth-order valence-corrected chi connectivity index (χ4v) is 3.74. The Morgan fingerprint density at radius 1 is 1.14 bits per heavy atom. The van der Waals surface area contributed by atoms with Crippen molar-refractivity contribution in [1.82, 2.24) is 5.32 Å². The lowest BCUT2D eigenvalue weighted by atomic mass is 10.2. The van der Waals surface area contributed by atoms with Gasteiger partial charge >= 0.3 is 0 Å². The van der Waals surface area contributed by atoms with Crippen molar-refractivity contribution in [2.75, 3.05) is 0 Å². The molecule has 0 atom stereocenters. The molecule has 0 saturated carbocycles. The summed E-state index contributed by atoms with van der Waals surface area (Å²) in [4.78, 5) is 1.25. The van der Waals surface area contributed by atoms with E-state index in [-0.39, 0.29) is 0 Å². The quantitative estimate of drug-likeness (QED) is 0.623. The van der Waals surface area contributed by atoms with Gasteiger partial charge in [-0.25, -0.2) is 0 Å². The van der Waals surface area contributed by atoms with Crippen LogP contribution in [0.3, 0.4) is 0 Å². The molecule has 0 saturated heterocycles. The summed E-state index contributed by atoms with van der Waals surface area (Å²) in [6.07, 6.45) is 0. The van der Waals surface area contributed by atoms with Crippen molar-refractivity contribution in [2.45, 2.75) is 37.1 Å². The Kier molecular flexibility index (Phi) is 6.62. The van der Waals surface area contributed by atoms with Crippen LogP contribution in [0.4, 0.5) is 0 Å². The minimum atomic E-state index is 0.492. The van der Waals surface area contributed by atoms with E-state index >= 15 is 0 Å². The lowest BCUT2D eigenvalue weighted by Gasteiger charge is -2.11. The molecule has 4 heteroatoms. The second kappa shape index (κ2) is 8.23. The van der Waals surface area contributed by atoms with E-state index in [4.69, 9.17) is 11.6 Å². The van der Waals surface area contributed by atoms with E-state index in [1.165, 1.54) is 16.0 Å². The second-order valence-electron chi connectivity index (χ2n) is 5.17. The van der Waals surface area contributed by atoms with Crippen LogP contribution in [0.5, 0.6) is 0 Å². The maximum Gasteiger partial charge on any atom is 0.0446 e. The van der Waals surface area contributed by atoms with Crippen LogP contribution < -0.4 is 5.32 Å². The summed E-state index contributed by atoms with van der Waals surface area (Å²) in [6, 6.07) is 15.0. The summed E-state index contributed by atoms with van der Waals surface area (Å²) >= 11 is 11.6. The third-order valence-corrected chi connectivity index (χ3v) is 5.23. The van der Waals surface area contributed by atoms with Crippen LogP contribution in [0, 0.1) is 0 Å². The first-order valence-electron chi connectivity index (χ1n) is 6.94. The smallest absolute Gasteiger partial charge is 0.0446 e. The Morgan fingerprint density at radius 3 is 2.57 bits per heavy atom. The van der Waals surface area contributed by atoms with Crippen LogP contribution in [0.2, 0.25) is 5.02 Å². The first-order chi connectivity index (χ1) is 10.1. The number of halogens is 2.